The SMILES string of the molecule is CCc1nc(C)cn1S(=O)(=O)c1ccc(Cl)c(C)c1. The number of hydrogen-bond donors (Lipinski definition) is 0. The lowest BCUT2D eigenvalue weighted by Gasteiger charge is -2.09. The summed E-state index contributed by atoms with van der Waals surface area (Å²) < 4.78 is 26.4. The Morgan fingerprint density at radius 3 is 2.58 bits per heavy atom. The number of halogens is 1. The molecule has 0 amide bonds. The Morgan fingerprint density at radius 2 is 2.00 bits per heavy atom. The molecule has 0 unspecified atom stereocenters. The van der Waals surface area contributed by atoms with Gasteiger partial charge in [0.1, 0.15) is 5.82 Å². The van der Waals surface area contributed by atoms with E-state index in [1.165, 1.54) is 16.2 Å². The Kier molecular flexibility index (Phi) is 3.69. The smallest absolute Gasteiger partial charge is 0.238 e. The van der Waals surface area contributed by atoms with Crippen LogP contribution in [0.15, 0.2) is 29.3 Å². The zero-order valence-corrected chi connectivity index (χ0v) is 12.6. The van der Waals surface area contributed by atoms with Gasteiger partial charge in [-0.05, 0) is 37.6 Å². The van der Waals surface area contributed by atoms with Gasteiger partial charge < -0.3 is 0 Å². The molecule has 2 aromatic rings. The monoisotopic (exact) mass is 298 g/mol. The number of rotatable bonds is 3. The zero-order chi connectivity index (χ0) is 14.2. The van der Waals surface area contributed by atoms with Gasteiger partial charge in [-0.15, -0.1) is 0 Å². The van der Waals surface area contributed by atoms with Gasteiger partial charge in [-0.2, -0.15) is 0 Å². The van der Waals surface area contributed by atoms with Gasteiger partial charge in [0.2, 0.25) is 0 Å². The molecule has 0 N–H and O–H groups in total. The molecule has 102 valence electrons. The quantitative estimate of drug-likeness (QED) is 0.875. The highest BCUT2D eigenvalue weighted by molar-refractivity contribution is 7.90. The average molecular weight is 299 g/mol. The molecule has 0 saturated carbocycles. The summed E-state index contributed by atoms with van der Waals surface area (Å²) in [6.45, 7) is 5.43. The third-order valence-electron chi connectivity index (χ3n) is 2.87. The second-order valence-corrected chi connectivity index (χ2v) is 6.59. The van der Waals surface area contributed by atoms with Crippen LogP contribution in [-0.2, 0) is 16.4 Å². The van der Waals surface area contributed by atoms with E-state index in [-0.39, 0.29) is 4.90 Å². The summed E-state index contributed by atoms with van der Waals surface area (Å²) in [5.41, 5.74) is 1.42. The standard InChI is InChI=1S/C13H15ClN2O2S/c1-4-13-15-10(3)8-16(13)19(17,18)11-5-6-12(14)9(2)7-11/h5-8H,4H2,1-3H3. The summed E-state index contributed by atoms with van der Waals surface area (Å²) in [6, 6.07) is 4.69. The maximum absolute atomic E-state index is 12.6. The van der Waals surface area contributed by atoms with Crippen molar-refractivity contribution in [3.63, 3.8) is 0 Å². The van der Waals surface area contributed by atoms with E-state index in [9.17, 15) is 8.42 Å². The largest absolute Gasteiger partial charge is 0.269 e. The van der Waals surface area contributed by atoms with Crippen molar-refractivity contribution < 1.29 is 8.42 Å². The number of hydrogen-bond acceptors (Lipinski definition) is 3. The molecule has 0 aliphatic heterocycles. The van der Waals surface area contributed by atoms with Crippen molar-refractivity contribution in [2.75, 3.05) is 0 Å². The van der Waals surface area contributed by atoms with Crippen LogP contribution in [0.4, 0.5) is 0 Å². The molecule has 0 fully saturated rings. The van der Waals surface area contributed by atoms with Gasteiger partial charge in [-0.1, -0.05) is 18.5 Å². The summed E-state index contributed by atoms with van der Waals surface area (Å²) in [6.07, 6.45) is 2.09. The maximum atomic E-state index is 12.6. The molecule has 19 heavy (non-hydrogen) atoms. The van der Waals surface area contributed by atoms with Gasteiger partial charge in [0, 0.05) is 17.6 Å². The van der Waals surface area contributed by atoms with Gasteiger partial charge in [0.05, 0.1) is 10.6 Å². The minimum absolute atomic E-state index is 0.224. The van der Waals surface area contributed by atoms with Crippen molar-refractivity contribution in [2.24, 2.45) is 0 Å². The van der Waals surface area contributed by atoms with E-state index < -0.39 is 10.0 Å². The molecule has 0 saturated heterocycles. The number of aryl methyl sites for hydroxylation is 3. The van der Waals surface area contributed by atoms with Crippen LogP contribution in [-0.4, -0.2) is 17.4 Å². The third-order valence-corrected chi connectivity index (χ3v) is 4.97. The fourth-order valence-corrected chi connectivity index (χ4v) is 3.51. The topological polar surface area (TPSA) is 52.0 Å². The van der Waals surface area contributed by atoms with Gasteiger partial charge in [-0.25, -0.2) is 17.4 Å². The predicted molar refractivity (Wildman–Crippen MR) is 75.1 cm³/mol. The average Bonchev–Trinajstić information content (AvgIpc) is 2.74. The number of benzene rings is 1. The van der Waals surface area contributed by atoms with Crippen molar-refractivity contribution in [1.29, 1.82) is 0 Å². The Hall–Kier alpha value is -1.33. The van der Waals surface area contributed by atoms with Crippen LogP contribution in [0, 0.1) is 13.8 Å². The lowest BCUT2D eigenvalue weighted by Crippen LogP contribution is -2.15. The van der Waals surface area contributed by atoms with E-state index in [1.54, 1.807) is 26.0 Å². The first-order valence-electron chi connectivity index (χ1n) is 5.93. The minimum atomic E-state index is -3.60. The van der Waals surface area contributed by atoms with E-state index in [0.717, 1.165) is 5.56 Å². The fourth-order valence-electron chi connectivity index (χ4n) is 1.86. The van der Waals surface area contributed by atoms with E-state index in [4.69, 9.17) is 11.6 Å². The van der Waals surface area contributed by atoms with Crippen molar-refractivity contribution in [3.05, 3.63) is 46.5 Å². The van der Waals surface area contributed by atoms with E-state index in [1.807, 2.05) is 6.92 Å². The molecule has 0 aliphatic carbocycles. The first kappa shape index (κ1) is 14.1. The van der Waals surface area contributed by atoms with E-state index >= 15 is 0 Å². The van der Waals surface area contributed by atoms with Gasteiger partial charge >= 0.3 is 0 Å². The summed E-state index contributed by atoms with van der Waals surface area (Å²) in [5.74, 6) is 0.533. The molecule has 0 radical (unpaired) electrons. The number of nitrogens with zero attached hydrogens (tertiary/aromatic N) is 2. The minimum Gasteiger partial charge on any atom is -0.238 e. The van der Waals surface area contributed by atoms with Crippen molar-refractivity contribution in [3.8, 4) is 0 Å². The van der Waals surface area contributed by atoms with Gasteiger partial charge in [0.25, 0.3) is 10.0 Å². The molecule has 4 nitrogen and oxygen atoms in total. The van der Waals surface area contributed by atoms with Crippen LogP contribution in [0.2, 0.25) is 5.02 Å². The fraction of sp³-hybridized carbons (Fsp3) is 0.308. The highest BCUT2D eigenvalue weighted by atomic mass is 35.5. The highest BCUT2D eigenvalue weighted by Crippen LogP contribution is 2.22. The summed E-state index contributed by atoms with van der Waals surface area (Å²) in [7, 11) is -3.60. The molecular formula is C13H15ClN2O2S. The van der Waals surface area contributed by atoms with E-state index in [0.29, 0.717) is 23.0 Å². The molecule has 6 heteroatoms. The Morgan fingerprint density at radius 1 is 1.32 bits per heavy atom. The van der Waals surface area contributed by atoms with Crippen LogP contribution in [0.3, 0.4) is 0 Å². The van der Waals surface area contributed by atoms with E-state index in [2.05, 4.69) is 4.98 Å². The first-order valence-corrected chi connectivity index (χ1v) is 7.74. The molecule has 1 aromatic heterocycles. The molecule has 1 aromatic carbocycles. The third kappa shape index (κ3) is 2.53. The van der Waals surface area contributed by atoms with Gasteiger partial charge in [-0.3, -0.25) is 0 Å². The molecule has 0 aliphatic rings. The molecule has 2 rings (SSSR count). The number of aromatic nitrogens is 2. The van der Waals surface area contributed by atoms with Crippen LogP contribution in [0.25, 0.3) is 0 Å². The summed E-state index contributed by atoms with van der Waals surface area (Å²) >= 11 is 5.93. The van der Waals surface area contributed by atoms with Crippen LogP contribution >= 0.6 is 11.6 Å². The predicted octanol–water partition coefficient (Wildman–Crippen LogP) is 2.95. The van der Waals surface area contributed by atoms with Crippen LogP contribution in [0.5, 0.6) is 0 Å². The molecule has 0 atom stereocenters. The van der Waals surface area contributed by atoms with Crippen molar-refractivity contribution in [2.45, 2.75) is 32.1 Å². The molecule has 0 spiro atoms. The summed E-state index contributed by atoms with van der Waals surface area (Å²) in [5, 5.41) is 0.552. The first-order chi connectivity index (χ1) is 8.86. The second-order valence-electron chi connectivity index (χ2n) is 4.36. The Balaban J connectivity index is 2.61. The Bertz CT molecular complexity index is 720. The Labute approximate surface area is 118 Å². The van der Waals surface area contributed by atoms with Crippen molar-refractivity contribution >= 4 is 21.6 Å². The number of imidazole rings is 1. The zero-order valence-electron chi connectivity index (χ0n) is 11.0. The van der Waals surface area contributed by atoms with Crippen LogP contribution < -0.4 is 0 Å². The van der Waals surface area contributed by atoms with Crippen molar-refractivity contribution in [1.82, 2.24) is 8.96 Å². The summed E-state index contributed by atoms with van der Waals surface area (Å²) in [4.78, 5) is 4.44. The lowest BCUT2D eigenvalue weighted by molar-refractivity contribution is 0.584. The second kappa shape index (κ2) is 4.98. The highest BCUT2D eigenvalue weighted by Gasteiger charge is 2.21. The molecule has 0 bridgehead atoms. The molecule has 1 heterocycles. The maximum Gasteiger partial charge on any atom is 0.269 e. The lowest BCUT2D eigenvalue weighted by atomic mass is 10.2. The molecular weight excluding hydrogens is 284 g/mol. The normalized spacial score (nSPS) is 11.8. The van der Waals surface area contributed by atoms with Crippen LogP contribution in [0.1, 0.15) is 24.0 Å². The van der Waals surface area contributed by atoms with Gasteiger partial charge in [0.15, 0.2) is 0 Å².